The summed E-state index contributed by atoms with van der Waals surface area (Å²) in [5.41, 5.74) is 4.20. The second-order valence-corrected chi connectivity index (χ2v) is 4.86. The summed E-state index contributed by atoms with van der Waals surface area (Å²) >= 11 is 2.30. The number of nitrogens with one attached hydrogen (secondary N) is 2. The summed E-state index contributed by atoms with van der Waals surface area (Å²) in [6, 6.07) is 12.4. The number of rotatable bonds is 3. The molecule has 0 bridgehead atoms. The lowest BCUT2D eigenvalue weighted by Gasteiger charge is -2.05. The molecule has 17 heavy (non-hydrogen) atoms. The fourth-order valence-corrected chi connectivity index (χ4v) is 2.21. The molecule has 0 saturated heterocycles. The summed E-state index contributed by atoms with van der Waals surface area (Å²) in [6.07, 6.45) is 2.90. The van der Waals surface area contributed by atoms with Gasteiger partial charge in [0.05, 0.1) is 0 Å². The first-order valence-corrected chi connectivity index (χ1v) is 6.19. The van der Waals surface area contributed by atoms with E-state index in [0.29, 0.717) is 0 Å². The Hall–Kier alpha value is -1.40. The van der Waals surface area contributed by atoms with Crippen LogP contribution >= 0.6 is 22.6 Å². The third-order valence-corrected chi connectivity index (χ3v) is 3.20. The van der Waals surface area contributed by atoms with E-state index >= 15 is 0 Å². The zero-order chi connectivity index (χ0) is 12.3. The van der Waals surface area contributed by atoms with Crippen molar-refractivity contribution >= 4 is 45.2 Å². The average Bonchev–Trinajstić information content (AvgIpc) is 2.35. The number of hydrogen-bond acceptors (Lipinski definition) is 3. The van der Waals surface area contributed by atoms with E-state index < -0.39 is 0 Å². The molecule has 2 aromatic carbocycles. The number of allylic oxidation sites excluding steroid dienone is 1. The van der Waals surface area contributed by atoms with Crippen molar-refractivity contribution in [3.8, 4) is 0 Å². The van der Waals surface area contributed by atoms with Gasteiger partial charge in [-0.15, -0.1) is 0 Å². The van der Waals surface area contributed by atoms with E-state index in [0.717, 1.165) is 16.5 Å². The highest BCUT2D eigenvalue weighted by Gasteiger charge is 2.00. The van der Waals surface area contributed by atoms with Crippen LogP contribution in [0.5, 0.6) is 0 Å². The van der Waals surface area contributed by atoms with Gasteiger partial charge in [-0.3, -0.25) is 5.84 Å². The number of hydrogen-bond donors (Lipinski definition) is 3. The first kappa shape index (κ1) is 12.1. The van der Waals surface area contributed by atoms with Gasteiger partial charge in [-0.25, -0.2) is 0 Å². The van der Waals surface area contributed by atoms with Gasteiger partial charge in [0.1, 0.15) is 0 Å². The Morgan fingerprint density at radius 1 is 1.18 bits per heavy atom. The lowest BCUT2D eigenvalue weighted by molar-refractivity contribution is 0.972. The molecule has 0 atom stereocenters. The molecule has 86 valence electrons. The Labute approximate surface area is 113 Å². The minimum atomic E-state index is 0.757. The Balaban J connectivity index is 2.54. The van der Waals surface area contributed by atoms with Crippen LogP contribution in [0.1, 0.15) is 5.56 Å². The molecule has 0 heterocycles. The lowest BCUT2D eigenvalue weighted by atomic mass is 10.0. The smallest absolute Gasteiger partial charge is 0.0271 e. The van der Waals surface area contributed by atoms with Crippen molar-refractivity contribution in [1.29, 1.82) is 5.41 Å². The van der Waals surface area contributed by atoms with Gasteiger partial charge in [0.15, 0.2) is 0 Å². The molecule has 2 rings (SSSR count). The first-order valence-electron chi connectivity index (χ1n) is 5.11. The molecule has 4 heteroatoms. The van der Waals surface area contributed by atoms with Crippen LogP contribution < -0.4 is 11.3 Å². The van der Waals surface area contributed by atoms with E-state index in [9.17, 15) is 0 Å². The maximum atomic E-state index is 7.35. The number of nitrogens with two attached hydrogens (primary N) is 1. The molecule has 0 aliphatic heterocycles. The van der Waals surface area contributed by atoms with E-state index in [1.54, 1.807) is 6.20 Å². The molecular formula is C13H12IN3. The van der Waals surface area contributed by atoms with Crippen LogP contribution in [-0.2, 0) is 0 Å². The van der Waals surface area contributed by atoms with Crippen LogP contribution in [-0.4, -0.2) is 6.21 Å². The van der Waals surface area contributed by atoms with E-state index in [2.05, 4.69) is 58.3 Å². The molecule has 4 N–H and O–H groups in total. The van der Waals surface area contributed by atoms with Gasteiger partial charge in [-0.2, -0.15) is 0 Å². The number of fused-ring (bicyclic) bond motifs is 1. The lowest BCUT2D eigenvalue weighted by Crippen LogP contribution is -2.14. The number of halogens is 1. The van der Waals surface area contributed by atoms with E-state index in [4.69, 9.17) is 11.3 Å². The van der Waals surface area contributed by atoms with Gasteiger partial charge in [0, 0.05) is 21.6 Å². The highest BCUT2D eigenvalue weighted by molar-refractivity contribution is 14.1. The van der Waals surface area contributed by atoms with Crippen molar-refractivity contribution in [2.24, 2.45) is 5.84 Å². The topological polar surface area (TPSA) is 61.9 Å². The van der Waals surface area contributed by atoms with E-state index in [1.165, 1.54) is 15.2 Å². The Kier molecular flexibility index (Phi) is 3.75. The largest absolute Gasteiger partial charge is 0.331 e. The third-order valence-electron chi connectivity index (χ3n) is 2.53. The second-order valence-electron chi connectivity index (χ2n) is 3.62. The fourth-order valence-electron chi connectivity index (χ4n) is 1.69. The molecule has 0 aromatic heterocycles. The molecule has 0 unspecified atom stereocenters. The van der Waals surface area contributed by atoms with Gasteiger partial charge in [-0.05, 0) is 57.1 Å². The molecule has 0 saturated carbocycles. The van der Waals surface area contributed by atoms with Crippen LogP contribution in [0, 0.1) is 8.98 Å². The van der Waals surface area contributed by atoms with Gasteiger partial charge in [0.25, 0.3) is 0 Å². The molecule has 0 aliphatic carbocycles. The number of hydrazine groups is 1. The summed E-state index contributed by atoms with van der Waals surface area (Å²) < 4.78 is 1.22. The second kappa shape index (κ2) is 5.29. The molecule has 0 amide bonds. The van der Waals surface area contributed by atoms with Gasteiger partial charge in [-0.1, -0.05) is 18.2 Å². The zero-order valence-electron chi connectivity index (χ0n) is 9.07. The summed E-state index contributed by atoms with van der Waals surface area (Å²) in [5.74, 6) is 5.24. The number of benzene rings is 2. The summed E-state index contributed by atoms with van der Waals surface area (Å²) in [7, 11) is 0. The fraction of sp³-hybridized carbons (Fsp3) is 0. The van der Waals surface area contributed by atoms with Gasteiger partial charge in [0.2, 0.25) is 0 Å². The van der Waals surface area contributed by atoms with Crippen molar-refractivity contribution in [2.45, 2.75) is 0 Å². The molecule has 3 nitrogen and oxygen atoms in total. The van der Waals surface area contributed by atoms with Crippen molar-refractivity contribution in [3.63, 3.8) is 0 Å². The van der Waals surface area contributed by atoms with Crippen LogP contribution in [0.15, 0.2) is 42.6 Å². The van der Waals surface area contributed by atoms with Crippen LogP contribution in [0.25, 0.3) is 16.3 Å². The van der Waals surface area contributed by atoms with Crippen LogP contribution in [0.4, 0.5) is 0 Å². The van der Waals surface area contributed by atoms with Gasteiger partial charge < -0.3 is 10.8 Å². The van der Waals surface area contributed by atoms with Crippen molar-refractivity contribution in [1.82, 2.24) is 5.43 Å². The Morgan fingerprint density at radius 3 is 2.59 bits per heavy atom. The molecule has 0 radical (unpaired) electrons. The van der Waals surface area contributed by atoms with Crippen molar-refractivity contribution in [3.05, 3.63) is 51.7 Å². The minimum absolute atomic E-state index is 0.757. The first-order chi connectivity index (χ1) is 8.24. The monoisotopic (exact) mass is 337 g/mol. The van der Waals surface area contributed by atoms with Gasteiger partial charge >= 0.3 is 0 Å². The highest BCUT2D eigenvalue weighted by Crippen LogP contribution is 2.21. The zero-order valence-corrected chi connectivity index (χ0v) is 11.2. The quantitative estimate of drug-likeness (QED) is 0.349. The normalized spacial score (nSPS) is 11.5. The predicted molar refractivity (Wildman–Crippen MR) is 80.7 cm³/mol. The SMILES string of the molecule is N=C/C(=C\NN)c1ccc2cc(I)ccc2c1. The minimum Gasteiger partial charge on any atom is -0.331 e. The molecule has 0 spiro atoms. The summed E-state index contributed by atoms with van der Waals surface area (Å²) in [6.45, 7) is 0. The Bertz CT molecular complexity index is 590. The summed E-state index contributed by atoms with van der Waals surface area (Å²) in [4.78, 5) is 0. The standard InChI is InChI=1S/C13H12IN3/c14-13-4-3-9-5-10(1-2-11(9)6-13)12(7-15)8-17-16/h1-8,15,17H,16H2/b12-8+,15-7?. The van der Waals surface area contributed by atoms with E-state index in [1.807, 2.05) is 6.07 Å². The van der Waals surface area contributed by atoms with Crippen molar-refractivity contribution in [2.75, 3.05) is 0 Å². The third kappa shape index (κ3) is 2.65. The maximum absolute atomic E-state index is 7.35. The van der Waals surface area contributed by atoms with Crippen LogP contribution in [0.2, 0.25) is 0 Å². The molecular weight excluding hydrogens is 325 g/mol. The maximum Gasteiger partial charge on any atom is 0.0271 e. The molecule has 0 fully saturated rings. The van der Waals surface area contributed by atoms with Crippen molar-refractivity contribution < 1.29 is 0 Å². The highest BCUT2D eigenvalue weighted by atomic mass is 127. The van der Waals surface area contributed by atoms with E-state index in [-0.39, 0.29) is 0 Å². The predicted octanol–water partition coefficient (Wildman–Crippen LogP) is 2.90. The average molecular weight is 337 g/mol. The Morgan fingerprint density at radius 2 is 1.88 bits per heavy atom. The molecule has 2 aromatic rings. The molecule has 0 aliphatic rings. The van der Waals surface area contributed by atoms with Crippen LogP contribution in [0.3, 0.4) is 0 Å². The summed E-state index contributed by atoms with van der Waals surface area (Å²) in [5, 5.41) is 9.71.